The number of piperidine rings is 2. The van der Waals surface area contributed by atoms with Gasteiger partial charge in [-0.25, -0.2) is 4.79 Å². The molecule has 1 aromatic carbocycles. The van der Waals surface area contributed by atoms with Crippen molar-refractivity contribution in [3.8, 4) is 0 Å². The Morgan fingerprint density at radius 3 is 2.50 bits per heavy atom. The van der Waals surface area contributed by atoms with Crippen LogP contribution in [0.4, 0.5) is 5.82 Å². The van der Waals surface area contributed by atoms with Crippen LogP contribution in [0.5, 0.6) is 0 Å². The van der Waals surface area contributed by atoms with Crippen LogP contribution in [-0.4, -0.2) is 52.7 Å². The average molecular weight is 468 g/mol. The largest absolute Gasteiger partial charge is 0.357 e. The summed E-state index contributed by atoms with van der Waals surface area (Å²) in [6.45, 7) is 7.27. The second-order valence-corrected chi connectivity index (χ2v) is 9.92. The van der Waals surface area contributed by atoms with Crippen molar-refractivity contribution >= 4 is 11.7 Å². The van der Waals surface area contributed by atoms with Gasteiger partial charge in [-0.05, 0) is 62.7 Å². The standard InChI is InChI=1S/C26H37N5O3/c1-19-7-4-5-8-21(19)17-30-13-10-20(11-14-30)16-27-25(33)22-9-6-12-31(18-22)23-15-24(32)29(3)26(34)28(23)2/h4-5,7-8,15,20,22H,6,9-14,16-18H2,1-3H3,(H,27,33)/t22-/m0/s1. The van der Waals surface area contributed by atoms with E-state index >= 15 is 0 Å². The summed E-state index contributed by atoms with van der Waals surface area (Å²) in [7, 11) is 3.15. The third-order valence-corrected chi connectivity index (χ3v) is 7.54. The summed E-state index contributed by atoms with van der Waals surface area (Å²) in [5.41, 5.74) is 2.07. The summed E-state index contributed by atoms with van der Waals surface area (Å²) in [6.07, 6.45) is 3.88. The van der Waals surface area contributed by atoms with Crippen LogP contribution in [0.2, 0.25) is 0 Å². The number of amides is 1. The summed E-state index contributed by atoms with van der Waals surface area (Å²) in [5.74, 6) is 1.05. The van der Waals surface area contributed by atoms with Crippen LogP contribution in [0.25, 0.3) is 0 Å². The molecule has 4 rings (SSSR count). The van der Waals surface area contributed by atoms with Crippen LogP contribution in [0.15, 0.2) is 39.9 Å². The highest BCUT2D eigenvalue weighted by atomic mass is 16.2. The third-order valence-electron chi connectivity index (χ3n) is 7.54. The van der Waals surface area contributed by atoms with E-state index in [0.717, 1.165) is 63.0 Å². The number of anilines is 1. The topological polar surface area (TPSA) is 79.6 Å². The van der Waals surface area contributed by atoms with Crippen LogP contribution in [0.1, 0.15) is 36.8 Å². The Kier molecular flexibility index (Phi) is 7.56. The minimum Gasteiger partial charge on any atom is -0.357 e. The zero-order valence-corrected chi connectivity index (χ0v) is 20.6. The van der Waals surface area contributed by atoms with Gasteiger partial charge in [0, 0.05) is 46.3 Å². The lowest BCUT2D eigenvalue weighted by Gasteiger charge is -2.35. The molecular weight excluding hydrogens is 430 g/mol. The molecule has 184 valence electrons. The molecule has 0 saturated carbocycles. The van der Waals surface area contributed by atoms with E-state index in [2.05, 4.69) is 41.4 Å². The first-order valence-electron chi connectivity index (χ1n) is 12.4. The van der Waals surface area contributed by atoms with Gasteiger partial charge in [0.1, 0.15) is 5.82 Å². The van der Waals surface area contributed by atoms with E-state index in [4.69, 9.17) is 0 Å². The number of hydrogen-bond donors (Lipinski definition) is 1. The lowest BCUT2D eigenvalue weighted by Crippen LogP contribution is -2.47. The van der Waals surface area contributed by atoms with Crippen LogP contribution in [0.3, 0.4) is 0 Å². The fourth-order valence-electron chi connectivity index (χ4n) is 5.19. The van der Waals surface area contributed by atoms with Crippen molar-refractivity contribution in [2.45, 2.75) is 39.2 Å². The van der Waals surface area contributed by atoms with Crippen molar-refractivity contribution in [2.75, 3.05) is 37.6 Å². The van der Waals surface area contributed by atoms with E-state index in [1.54, 1.807) is 7.05 Å². The van der Waals surface area contributed by atoms with Crippen molar-refractivity contribution in [3.05, 3.63) is 62.3 Å². The highest BCUT2D eigenvalue weighted by molar-refractivity contribution is 5.79. The van der Waals surface area contributed by atoms with E-state index < -0.39 is 0 Å². The molecule has 2 aliphatic heterocycles. The fraction of sp³-hybridized carbons (Fsp3) is 0.577. The minimum atomic E-state index is -0.345. The summed E-state index contributed by atoms with van der Waals surface area (Å²) < 4.78 is 2.59. The lowest BCUT2D eigenvalue weighted by molar-refractivity contribution is -0.125. The number of nitrogens with one attached hydrogen (secondary N) is 1. The highest BCUT2D eigenvalue weighted by Gasteiger charge is 2.28. The van der Waals surface area contributed by atoms with Crippen molar-refractivity contribution < 1.29 is 4.79 Å². The van der Waals surface area contributed by atoms with Gasteiger partial charge in [0.15, 0.2) is 0 Å². The number of carbonyl (C=O) groups excluding carboxylic acids is 1. The summed E-state index contributed by atoms with van der Waals surface area (Å²) in [5, 5.41) is 3.20. The van der Waals surface area contributed by atoms with Crippen LogP contribution in [0, 0.1) is 18.8 Å². The molecule has 1 atom stereocenters. The Bertz CT molecular complexity index is 1130. The molecule has 2 aromatic rings. The smallest absolute Gasteiger partial charge is 0.332 e. The quantitative estimate of drug-likeness (QED) is 0.699. The van der Waals surface area contributed by atoms with Crippen molar-refractivity contribution in [1.82, 2.24) is 19.4 Å². The summed E-state index contributed by atoms with van der Waals surface area (Å²) in [6, 6.07) is 10.1. The molecular formula is C26H37N5O3. The summed E-state index contributed by atoms with van der Waals surface area (Å²) in [4.78, 5) is 41.9. The Morgan fingerprint density at radius 2 is 1.76 bits per heavy atom. The third kappa shape index (κ3) is 5.43. The van der Waals surface area contributed by atoms with Crippen molar-refractivity contribution in [3.63, 3.8) is 0 Å². The lowest BCUT2D eigenvalue weighted by atomic mass is 9.94. The number of carbonyl (C=O) groups is 1. The van der Waals surface area contributed by atoms with E-state index in [0.29, 0.717) is 18.3 Å². The molecule has 0 bridgehead atoms. The molecule has 1 amide bonds. The molecule has 8 heteroatoms. The van der Waals surface area contributed by atoms with E-state index in [1.807, 2.05) is 4.90 Å². The van der Waals surface area contributed by atoms with E-state index in [1.165, 1.54) is 28.8 Å². The normalized spacial score (nSPS) is 19.9. The molecule has 0 unspecified atom stereocenters. The second-order valence-electron chi connectivity index (χ2n) is 9.92. The maximum Gasteiger partial charge on any atom is 0.332 e. The first-order chi connectivity index (χ1) is 16.3. The average Bonchev–Trinajstić information content (AvgIpc) is 2.85. The van der Waals surface area contributed by atoms with Crippen LogP contribution >= 0.6 is 0 Å². The molecule has 1 aromatic heterocycles. The predicted molar refractivity (Wildman–Crippen MR) is 134 cm³/mol. The Morgan fingerprint density at radius 1 is 1.03 bits per heavy atom. The first-order valence-corrected chi connectivity index (χ1v) is 12.4. The maximum absolute atomic E-state index is 13.0. The van der Waals surface area contributed by atoms with Gasteiger partial charge in [-0.15, -0.1) is 0 Å². The monoisotopic (exact) mass is 467 g/mol. The molecule has 0 aliphatic carbocycles. The number of hydrogen-bond acceptors (Lipinski definition) is 5. The molecule has 2 aliphatic rings. The molecule has 34 heavy (non-hydrogen) atoms. The van der Waals surface area contributed by atoms with Gasteiger partial charge < -0.3 is 10.2 Å². The van der Waals surface area contributed by atoms with Gasteiger partial charge in [-0.2, -0.15) is 0 Å². The van der Waals surface area contributed by atoms with E-state index in [-0.39, 0.29) is 23.1 Å². The highest BCUT2D eigenvalue weighted by Crippen LogP contribution is 2.23. The Balaban J connectivity index is 1.27. The van der Waals surface area contributed by atoms with Crippen LogP contribution in [-0.2, 0) is 25.4 Å². The predicted octanol–water partition coefficient (Wildman–Crippen LogP) is 1.64. The van der Waals surface area contributed by atoms with Crippen LogP contribution < -0.4 is 21.5 Å². The number of aryl methyl sites for hydroxylation is 1. The molecule has 0 spiro atoms. The van der Waals surface area contributed by atoms with Crippen molar-refractivity contribution in [1.29, 1.82) is 0 Å². The number of benzene rings is 1. The molecule has 0 radical (unpaired) electrons. The number of nitrogens with zero attached hydrogens (tertiary/aromatic N) is 4. The SMILES string of the molecule is Cc1ccccc1CN1CCC(CNC(=O)[C@H]2CCCN(c3cc(=O)n(C)c(=O)n3C)C2)CC1. The van der Waals surface area contributed by atoms with Gasteiger partial charge >= 0.3 is 5.69 Å². The number of likely N-dealkylation sites (tertiary alicyclic amines) is 1. The Hall–Kier alpha value is -2.87. The minimum absolute atomic E-state index is 0.0841. The second kappa shape index (κ2) is 10.6. The van der Waals surface area contributed by atoms with Crippen molar-refractivity contribution in [2.24, 2.45) is 25.9 Å². The molecule has 8 nitrogen and oxygen atoms in total. The molecule has 2 saturated heterocycles. The van der Waals surface area contributed by atoms with Gasteiger partial charge in [0.05, 0.1) is 5.92 Å². The molecule has 1 N–H and O–H groups in total. The molecule has 2 fully saturated rings. The summed E-state index contributed by atoms with van der Waals surface area (Å²) >= 11 is 0. The van der Waals surface area contributed by atoms with Gasteiger partial charge in [-0.1, -0.05) is 24.3 Å². The number of aromatic nitrogens is 2. The van der Waals surface area contributed by atoms with E-state index in [9.17, 15) is 14.4 Å². The Labute approximate surface area is 201 Å². The zero-order chi connectivity index (χ0) is 24.2. The van der Waals surface area contributed by atoms with Gasteiger partial charge in [0.2, 0.25) is 5.91 Å². The van der Waals surface area contributed by atoms with Gasteiger partial charge in [-0.3, -0.25) is 23.6 Å². The fourth-order valence-corrected chi connectivity index (χ4v) is 5.19. The first kappa shape index (κ1) is 24.3. The van der Waals surface area contributed by atoms with Gasteiger partial charge in [0.25, 0.3) is 5.56 Å². The number of rotatable bonds is 6. The molecule has 3 heterocycles. The maximum atomic E-state index is 13.0. The zero-order valence-electron chi connectivity index (χ0n) is 20.6.